The number of amides is 3. The molecule has 0 bridgehead atoms. The molecule has 3 aromatic rings. The lowest BCUT2D eigenvalue weighted by Crippen LogP contribution is -2.32. The molecule has 156 valence electrons. The molecule has 31 heavy (non-hydrogen) atoms. The second kappa shape index (κ2) is 8.33. The molecule has 4 rings (SSSR count). The Balaban J connectivity index is 1.48. The van der Waals surface area contributed by atoms with E-state index in [0.717, 1.165) is 15.5 Å². The number of hydrogen-bond acceptors (Lipinski definition) is 6. The first kappa shape index (κ1) is 20.8. The van der Waals surface area contributed by atoms with E-state index in [1.165, 1.54) is 11.3 Å². The van der Waals surface area contributed by atoms with Crippen LogP contribution in [-0.4, -0.2) is 22.7 Å². The molecule has 2 heterocycles. The number of hydrogen-bond donors (Lipinski definition) is 2. The van der Waals surface area contributed by atoms with Crippen molar-refractivity contribution in [3.63, 3.8) is 0 Å². The van der Waals surface area contributed by atoms with E-state index in [0.29, 0.717) is 22.1 Å². The van der Waals surface area contributed by atoms with Gasteiger partial charge in [-0.05, 0) is 50.2 Å². The van der Waals surface area contributed by atoms with Crippen molar-refractivity contribution in [3.8, 4) is 0 Å². The fraction of sp³-hybridized carbons (Fsp3) is 0.0909. The van der Waals surface area contributed by atoms with Crippen molar-refractivity contribution in [2.75, 3.05) is 15.5 Å². The van der Waals surface area contributed by atoms with Crippen LogP contribution in [0, 0.1) is 13.8 Å². The quantitative estimate of drug-likeness (QED) is 0.558. The Morgan fingerprint density at radius 3 is 2.29 bits per heavy atom. The number of carbonyl (C=O) groups is 3. The Labute approximate surface area is 187 Å². The summed E-state index contributed by atoms with van der Waals surface area (Å²) in [6, 6.07) is 15.0. The lowest BCUT2D eigenvalue weighted by molar-refractivity contribution is -0.120. The maximum atomic E-state index is 12.8. The van der Waals surface area contributed by atoms with Crippen molar-refractivity contribution in [1.82, 2.24) is 4.98 Å². The number of nitrogens with zero attached hydrogens (tertiary/aromatic N) is 2. The third kappa shape index (κ3) is 4.08. The summed E-state index contributed by atoms with van der Waals surface area (Å²) in [5.74, 6) is -1.43. The van der Waals surface area contributed by atoms with Gasteiger partial charge in [0, 0.05) is 16.1 Å². The molecule has 2 aromatic carbocycles. The van der Waals surface area contributed by atoms with Gasteiger partial charge in [0.2, 0.25) is 0 Å². The van der Waals surface area contributed by atoms with Crippen molar-refractivity contribution in [2.24, 2.45) is 0 Å². The molecular formula is C22H17ClN4O3S. The molecule has 9 heteroatoms. The van der Waals surface area contributed by atoms with Gasteiger partial charge in [-0.3, -0.25) is 19.7 Å². The smallest absolute Gasteiger partial charge is 0.283 e. The van der Waals surface area contributed by atoms with Crippen LogP contribution in [0.1, 0.15) is 20.9 Å². The summed E-state index contributed by atoms with van der Waals surface area (Å²) in [4.78, 5) is 44.0. The predicted molar refractivity (Wildman–Crippen MR) is 121 cm³/mol. The van der Waals surface area contributed by atoms with Gasteiger partial charge in [0.15, 0.2) is 5.13 Å². The van der Waals surface area contributed by atoms with Gasteiger partial charge in [0.05, 0.1) is 11.4 Å². The van der Waals surface area contributed by atoms with E-state index in [2.05, 4.69) is 15.6 Å². The highest BCUT2D eigenvalue weighted by Crippen LogP contribution is 2.30. The number of aromatic nitrogens is 1. The van der Waals surface area contributed by atoms with Crippen molar-refractivity contribution in [2.45, 2.75) is 13.8 Å². The average molecular weight is 453 g/mol. The topological polar surface area (TPSA) is 91.4 Å². The molecule has 0 saturated heterocycles. The highest BCUT2D eigenvalue weighted by molar-refractivity contribution is 7.15. The Bertz CT molecular complexity index is 1200. The molecule has 1 aliphatic heterocycles. The Hall–Kier alpha value is -3.49. The fourth-order valence-corrected chi connectivity index (χ4v) is 3.99. The molecule has 0 unspecified atom stereocenters. The Morgan fingerprint density at radius 2 is 1.68 bits per heavy atom. The maximum Gasteiger partial charge on any atom is 0.283 e. The van der Waals surface area contributed by atoms with Crippen LogP contribution in [-0.2, 0) is 9.59 Å². The van der Waals surface area contributed by atoms with Gasteiger partial charge in [-0.25, -0.2) is 9.88 Å². The maximum absolute atomic E-state index is 12.8. The highest BCUT2D eigenvalue weighted by atomic mass is 35.5. The second-order valence-electron chi connectivity index (χ2n) is 6.79. The SMILES string of the molecule is Cc1nc(NC(=O)c2ccc(NC3=C(Cl)C(=O)N(c4ccccc4)C3=O)cc2)sc1C. The summed E-state index contributed by atoms with van der Waals surface area (Å²) in [5, 5.41) is 6.01. The van der Waals surface area contributed by atoms with E-state index in [9.17, 15) is 14.4 Å². The third-order valence-corrected chi connectivity index (χ3v) is 6.05. The van der Waals surface area contributed by atoms with E-state index in [1.54, 1.807) is 54.6 Å². The van der Waals surface area contributed by atoms with Crippen LogP contribution >= 0.6 is 22.9 Å². The molecule has 0 spiro atoms. The van der Waals surface area contributed by atoms with Crippen LogP contribution in [0.5, 0.6) is 0 Å². The van der Waals surface area contributed by atoms with Crippen LogP contribution < -0.4 is 15.5 Å². The number of nitrogens with one attached hydrogen (secondary N) is 2. The molecule has 3 amide bonds. The van der Waals surface area contributed by atoms with Crippen molar-refractivity contribution < 1.29 is 14.4 Å². The number of halogens is 1. The minimum absolute atomic E-state index is 0.0125. The zero-order valence-electron chi connectivity index (χ0n) is 16.6. The summed E-state index contributed by atoms with van der Waals surface area (Å²) in [6.07, 6.45) is 0. The van der Waals surface area contributed by atoms with Crippen molar-refractivity contribution in [3.05, 3.63) is 81.5 Å². The predicted octanol–water partition coefficient (Wildman–Crippen LogP) is 4.45. The number of rotatable bonds is 5. The number of imide groups is 1. The highest BCUT2D eigenvalue weighted by Gasteiger charge is 2.38. The van der Waals surface area contributed by atoms with Gasteiger partial charge in [0.25, 0.3) is 17.7 Å². The number of para-hydroxylation sites is 1. The van der Waals surface area contributed by atoms with E-state index in [4.69, 9.17) is 11.6 Å². The molecular weight excluding hydrogens is 436 g/mol. The van der Waals surface area contributed by atoms with Gasteiger partial charge in [0.1, 0.15) is 10.7 Å². The number of benzene rings is 2. The van der Waals surface area contributed by atoms with E-state index in [-0.39, 0.29) is 16.6 Å². The number of anilines is 3. The van der Waals surface area contributed by atoms with E-state index < -0.39 is 11.8 Å². The molecule has 2 N–H and O–H groups in total. The summed E-state index contributed by atoms with van der Waals surface area (Å²) in [5.41, 5.74) is 2.25. The van der Waals surface area contributed by atoms with Gasteiger partial charge in [-0.2, -0.15) is 0 Å². The monoisotopic (exact) mass is 452 g/mol. The lowest BCUT2D eigenvalue weighted by Gasteiger charge is -2.14. The Morgan fingerprint density at radius 1 is 1.00 bits per heavy atom. The second-order valence-corrected chi connectivity index (χ2v) is 8.37. The zero-order valence-corrected chi connectivity index (χ0v) is 18.2. The zero-order chi connectivity index (χ0) is 22.1. The average Bonchev–Trinajstić information content (AvgIpc) is 3.19. The van der Waals surface area contributed by atoms with Crippen molar-refractivity contribution >= 4 is 57.2 Å². The summed E-state index contributed by atoms with van der Waals surface area (Å²) < 4.78 is 0. The normalized spacial score (nSPS) is 13.7. The molecule has 0 radical (unpaired) electrons. The van der Waals surface area contributed by atoms with Gasteiger partial charge in [-0.1, -0.05) is 29.8 Å². The number of carbonyl (C=O) groups excluding carboxylic acids is 3. The standard InChI is InChI=1S/C22H17ClN4O3S/c1-12-13(2)31-22(24-12)26-19(28)14-8-10-15(11-9-14)25-18-17(23)20(29)27(21(18)30)16-6-4-3-5-7-16/h3-11,25H,1-2H3,(H,24,26,28). The summed E-state index contributed by atoms with van der Waals surface area (Å²) in [7, 11) is 0. The fourth-order valence-electron chi connectivity index (χ4n) is 2.97. The minimum atomic E-state index is -0.592. The van der Waals surface area contributed by atoms with Gasteiger partial charge in [-0.15, -0.1) is 11.3 Å². The first-order chi connectivity index (χ1) is 14.8. The first-order valence-electron chi connectivity index (χ1n) is 9.31. The van der Waals surface area contributed by atoms with Gasteiger partial charge >= 0.3 is 0 Å². The number of aryl methyl sites for hydroxylation is 2. The first-order valence-corrected chi connectivity index (χ1v) is 10.5. The third-order valence-electron chi connectivity index (χ3n) is 4.71. The minimum Gasteiger partial charge on any atom is -0.350 e. The van der Waals surface area contributed by atoms with E-state index >= 15 is 0 Å². The van der Waals surface area contributed by atoms with Crippen molar-refractivity contribution in [1.29, 1.82) is 0 Å². The van der Waals surface area contributed by atoms with Crippen LogP contribution in [0.15, 0.2) is 65.3 Å². The summed E-state index contributed by atoms with van der Waals surface area (Å²) in [6.45, 7) is 3.83. The van der Waals surface area contributed by atoms with Crippen LogP contribution in [0.2, 0.25) is 0 Å². The van der Waals surface area contributed by atoms with Crippen LogP contribution in [0.3, 0.4) is 0 Å². The Kier molecular flexibility index (Phi) is 5.58. The summed E-state index contributed by atoms with van der Waals surface area (Å²) >= 11 is 7.55. The molecule has 1 aromatic heterocycles. The van der Waals surface area contributed by atoms with Gasteiger partial charge < -0.3 is 5.32 Å². The van der Waals surface area contributed by atoms with E-state index in [1.807, 2.05) is 13.8 Å². The molecule has 7 nitrogen and oxygen atoms in total. The van der Waals surface area contributed by atoms with Crippen LogP contribution in [0.4, 0.5) is 16.5 Å². The molecule has 1 aliphatic rings. The molecule has 0 saturated carbocycles. The lowest BCUT2D eigenvalue weighted by atomic mass is 10.2. The molecule has 0 atom stereocenters. The molecule has 0 aliphatic carbocycles. The van der Waals surface area contributed by atoms with Crippen LogP contribution in [0.25, 0.3) is 0 Å². The molecule has 0 fully saturated rings. The largest absolute Gasteiger partial charge is 0.350 e. The number of thiazole rings is 1.